The van der Waals surface area contributed by atoms with Gasteiger partial charge in [-0.05, 0) is 24.6 Å². The van der Waals surface area contributed by atoms with Gasteiger partial charge < -0.3 is 5.11 Å². The summed E-state index contributed by atoms with van der Waals surface area (Å²) in [6.45, 7) is 1.70. The number of aromatic nitrogens is 3. The zero-order chi connectivity index (χ0) is 13.9. The minimum atomic E-state index is -0.554. The summed E-state index contributed by atoms with van der Waals surface area (Å²) in [6.07, 6.45) is 4.96. The zero-order valence-electron chi connectivity index (χ0n) is 11.1. The van der Waals surface area contributed by atoms with Crippen LogP contribution in [0.2, 0.25) is 0 Å². The fourth-order valence-corrected chi connectivity index (χ4v) is 2.02. The van der Waals surface area contributed by atoms with E-state index in [0.29, 0.717) is 5.69 Å². The average molecular weight is 265 g/mol. The molecule has 1 atom stereocenters. The standard InChI is InChI=1S/C16H15N3O/c1-12(20)16-8-7-15(10-17-16)19-11-14(9-18-19)13-5-3-2-4-6-13/h2-12,20H,1H3/t12-/m0/s1. The third-order valence-electron chi connectivity index (χ3n) is 3.15. The average Bonchev–Trinajstić information content (AvgIpc) is 2.98. The lowest BCUT2D eigenvalue weighted by Gasteiger charge is -2.05. The Morgan fingerprint density at radius 3 is 2.45 bits per heavy atom. The second-order valence-corrected chi connectivity index (χ2v) is 4.66. The van der Waals surface area contributed by atoms with Gasteiger partial charge in [-0.1, -0.05) is 30.3 Å². The van der Waals surface area contributed by atoms with Gasteiger partial charge in [0.2, 0.25) is 0 Å². The second-order valence-electron chi connectivity index (χ2n) is 4.66. The zero-order valence-corrected chi connectivity index (χ0v) is 11.1. The van der Waals surface area contributed by atoms with Crippen LogP contribution in [0, 0.1) is 0 Å². The maximum absolute atomic E-state index is 9.45. The summed E-state index contributed by atoms with van der Waals surface area (Å²) in [5.74, 6) is 0. The molecular weight excluding hydrogens is 250 g/mol. The maximum atomic E-state index is 9.45. The number of aliphatic hydroxyl groups excluding tert-OH is 1. The van der Waals surface area contributed by atoms with Crippen LogP contribution in [0.4, 0.5) is 0 Å². The topological polar surface area (TPSA) is 50.9 Å². The fraction of sp³-hybridized carbons (Fsp3) is 0.125. The highest BCUT2D eigenvalue weighted by Crippen LogP contribution is 2.19. The van der Waals surface area contributed by atoms with Crippen molar-refractivity contribution in [3.05, 3.63) is 66.7 Å². The predicted molar refractivity (Wildman–Crippen MR) is 77.4 cm³/mol. The smallest absolute Gasteiger partial charge is 0.0931 e. The first-order valence-corrected chi connectivity index (χ1v) is 6.48. The number of hydrogen-bond donors (Lipinski definition) is 1. The number of rotatable bonds is 3. The Hall–Kier alpha value is -2.46. The summed E-state index contributed by atoms with van der Waals surface area (Å²) in [6, 6.07) is 13.8. The van der Waals surface area contributed by atoms with Crippen molar-refractivity contribution in [3.63, 3.8) is 0 Å². The Morgan fingerprint density at radius 2 is 1.80 bits per heavy atom. The normalized spacial score (nSPS) is 12.3. The van der Waals surface area contributed by atoms with Gasteiger partial charge in [0, 0.05) is 11.8 Å². The number of hydrogen-bond acceptors (Lipinski definition) is 3. The van der Waals surface area contributed by atoms with Crippen LogP contribution < -0.4 is 0 Å². The van der Waals surface area contributed by atoms with Crippen LogP contribution in [0.5, 0.6) is 0 Å². The van der Waals surface area contributed by atoms with Crippen LogP contribution >= 0.6 is 0 Å². The third kappa shape index (κ3) is 2.46. The molecule has 2 heterocycles. The van der Waals surface area contributed by atoms with E-state index in [4.69, 9.17) is 0 Å². The van der Waals surface area contributed by atoms with Crippen molar-refractivity contribution >= 4 is 0 Å². The highest BCUT2D eigenvalue weighted by atomic mass is 16.3. The van der Waals surface area contributed by atoms with Crippen molar-refractivity contribution < 1.29 is 5.11 Å². The largest absolute Gasteiger partial charge is 0.387 e. The molecule has 4 heteroatoms. The van der Waals surface area contributed by atoms with E-state index in [1.807, 2.05) is 42.7 Å². The molecule has 20 heavy (non-hydrogen) atoms. The monoisotopic (exact) mass is 265 g/mol. The molecule has 0 amide bonds. The quantitative estimate of drug-likeness (QED) is 0.792. The number of benzene rings is 1. The highest BCUT2D eigenvalue weighted by molar-refractivity contribution is 5.61. The first-order valence-electron chi connectivity index (χ1n) is 6.48. The molecule has 1 aromatic carbocycles. The summed E-state index contributed by atoms with van der Waals surface area (Å²) in [5.41, 5.74) is 3.72. The van der Waals surface area contributed by atoms with Crippen molar-refractivity contribution in [3.8, 4) is 16.8 Å². The minimum Gasteiger partial charge on any atom is -0.387 e. The van der Waals surface area contributed by atoms with E-state index in [1.165, 1.54) is 0 Å². The van der Waals surface area contributed by atoms with Crippen molar-refractivity contribution in [1.82, 2.24) is 14.8 Å². The van der Waals surface area contributed by atoms with Crippen LogP contribution in [0.1, 0.15) is 18.7 Å². The van der Waals surface area contributed by atoms with Crippen LogP contribution in [-0.4, -0.2) is 19.9 Å². The van der Waals surface area contributed by atoms with E-state index in [2.05, 4.69) is 22.2 Å². The molecule has 2 aromatic heterocycles. The molecule has 0 bridgehead atoms. The summed E-state index contributed by atoms with van der Waals surface area (Å²) < 4.78 is 1.78. The van der Waals surface area contributed by atoms with Crippen LogP contribution in [0.25, 0.3) is 16.8 Å². The fourth-order valence-electron chi connectivity index (χ4n) is 2.02. The number of nitrogens with zero attached hydrogens (tertiary/aromatic N) is 3. The van der Waals surface area contributed by atoms with E-state index >= 15 is 0 Å². The Balaban J connectivity index is 1.90. The molecule has 0 saturated carbocycles. The predicted octanol–water partition coefficient (Wildman–Crippen LogP) is 2.99. The van der Waals surface area contributed by atoms with E-state index in [-0.39, 0.29) is 0 Å². The minimum absolute atomic E-state index is 0.554. The molecule has 0 unspecified atom stereocenters. The first kappa shape index (κ1) is 12.6. The Bertz CT molecular complexity index is 687. The molecule has 0 aliphatic carbocycles. The molecule has 0 radical (unpaired) electrons. The van der Waals surface area contributed by atoms with Crippen molar-refractivity contribution in [1.29, 1.82) is 0 Å². The Kier molecular flexibility index (Phi) is 3.31. The van der Waals surface area contributed by atoms with Gasteiger partial charge in [-0.15, -0.1) is 0 Å². The molecule has 0 fully saturated rings. The lowest BCUT2D eigenvalue weighted by molar-refractivity contribution is 0.194. The van der Waals surface area contributed by atoms with Gasteiger partial charge in [0.1, 0.15) is 0 Å². The van der Waals surface area contributed by atoms with Gasteiger partial charge >= 0.3 is 0 Å². The molecule has 3 aromatic rings. The van der Waals surface area contributed by atoms with Gasteiger partial charge in [0.15, 0.2) is 0 Å². The first-order chi connectivity index (χ1) is 9.74. The molecule has 0 spiro atoms. The summed E-state index contributed by atoms with van der Waals surface area (Å²) in [4.78, 5) is 4.23. The van der Waals surface area contributed by atoms with E-state index < -0.39 is 6.10 Å². The van der Waals surface area contributed by atoms with Gasteiger partial charge in [-0.3, -0.25) is 4.98 Å². The SMILES string of the molecule is C[C@H](O)c1ccc(-n2cc(-c3ccccc3)cn2)cn1. The van der Waals surface area contributed by atoms with Crippen LogP contribution in [-0.2, 0) is 0 Å². The maximum Gasteiger partial charge on any atom is 0.0931 e. The lowest BCUT2D eigenvalue weighted by Crippen LogP contribution is -1.99. The van der Waals surface area contributed by atoms with Gasteiger partial charge in [-0.25, -0.2) is 4.68 Å². The summed E-state index contributed by atoms with van der Waals surface area (Å²) in [7, 11) is 0. The van der Waals surface area contributed by atoms with Gasteiger partial charge in [0.25, 0.3) is 0 Å². The van der Waals surface area contributed by atoms with Crippen LogP contribution in [0.15, 0.2) is 61.1 Å². The molecule has 0 saturated heterocycles. The second kappa shape index (κ2) is 5.27. The van der Waals surface area contributed by atoms with Gasteiger partial charge in [0.05, 0.1) is 29.9 Å². The lowest BCUT2D eigenvalue weighted by atomic mass is 10.1. The van der Waals surface area contributed by atoms with Crippen molar-refractivity contribution in [2.24, 2.45) is 0 Å². The van der Waals surface area contributed by atoms with Crippen molar-refractivity contribution in [2.45, 2.75) is 13.0 Å². The van der Waals surface area contributed by atoms with Gasteiger partial charge in [-0.2, -0.15) is 5.10 Å². The van der Waals surface area contributed by atoms with Crippen molar-refractivity contribution in [2.75, 3.05) is 0 Å². The van der Waals surface area contributed by atoms with E-state index in [0.717, 1.165) is 16.8 Å². The summed E-state index contributed by atoms with van der Waals surface area (Å²) >= 11 is 0. The molecule has 0 aliphatic heterocycles. The third-order valence-corrected chi connectivity index (χ3v) is 3.15. The Labute approximate surface area is 117 Å². The highest BCUT2D eigenvalue weighted by Gasteiger charge is 2.05. The van der Waals surface area contributed by atoms with E-state index in [1.54, 1.807) is 17.8 Å². The molecule has 0 aliphatic rings. The van der Waals surface area contributed by atoms with Crippen LogP contribution in [0.3, 0.4) is 0 Å². The van der Waals surface area contributed by atoms with E-state index in [9.17, 15) is 5.11 Å². The molecular formula is C16H15N3O. The number of aliphatic hydroxyl groups is 1. The Morgan fingerprint density at radius 1 is 1.00 bits per heavy atom. The molecule has 100 valence electrons. The molecule has 4 nitrogen and oxygen atoms in total. The number of pyridine rings is 1. The summed E-state index contributed by atoms with van der Waals surface area (Å²) in [5, 5.41) is 13.8. The molecule has 1 N–H and O–H groups in total. The molecule has 3 rings (SSSR count).